The number of nitrogens with zero attached hydrogens (tertiary/aromatic N) is 1. The maximum absolute atomic E-state index is 12.1. The number of carbonyl (C=O) groups excluding carboxylic acids is 1. The van der Waals surface area contributed by atoms with Crippen molar-refractivity contribution in [1.82, 2.24) is 10.2 Å². The van der Waals surface area contributed by atoms with Crippen LogP contribution in [0.3, 0.4) is 0 Å². The van der Waals surface area contributed by atoms with Crippen molar-refractivity contribution in [2.45, 2.75) is 38.1 Å². The monoisotopic (exact) mass is 240 g/mol. The third kappa shape index (κ3) is 2.97. The smallest absolute Gasteiger partial charge is 0.326 e. The van der Waals surface area contributed by atoms with Gasteiger partial charge in [0.15, 0.2) is 0 Å². The van der Waals surface area contributed by atoms with Crippen LogP contribution < -0.4 is 5.32 Å². The maximum Gasteiger partial charge on any atom is 0.326 e. The first-order valence-electron chi connectivity index (χ1n) is 6.41. The first-order chi connectivity index (χ1) is 8.18. The molecule has 0 aromatic rings. The maximum atomic E-state index is 12.1. The quantitative estimate of drug-likeness (QED) is 0.751. The van der Waals surface area contributed by atoms with Gasteiger partial charge in [0.1, 0.15) is 6.04 Å². The van der Waals surface area contributed by atoms with Crippen LogP contribution >= 0.6 is 0 Å². The van der Waals surface area contributed by atoms with Crippen LogP contribution in [-0.2, 0) is 9.59 Å². The lowest BCUT2D eigenvalue weighted by Gasteiger charge is -2.32. The summed E-state index contributed by atoms with van der Waals surface area (Å²) in [6, 6.07) is -0.599. The minimum atomic E-state index is -0.855. The van der Waals surface area contributed by atoms with Gasteiger partial charge < -0.3 is 15.3 Å². The topological polar surface area (TPSA) is 69.6 Å². The molecule has 0 aromatic carbocycles. The summed E-state index contributed by atoms with van der Waals surface area (Å²) in [7, 11) is 0. The fraction of sp³-hybridized carbons (Fsp3) is 0.833. The first kappa shape index (κ1) is 12.4. The van der Waals surface area contributed by atoms with Crippen LogP contribution in [0.2, 0.25) is 0 Å². The standard InChI is InChI=1S/C12H20N2O3/c15-11(6-9-7-13-8-9)14-5-3-1-2-4-10(14)12(16)17/h9-10,13H,1-8H2,(H,16,17). The summed E-state index contributed by atoms with van der Waals surface area (Å²) in [6.45, 7) is 2.38. The largest absolute Gasteiger partial charge is 0.480 e. The zero-order chi connectivity index (χ0) is 12.3. The molecule has 1 unspecified atom stereocenters. The molecule has 5 heteroatoms. The van der Waals surface area contributed by atoms with Gasteiger partial charge in [0.05, 0.1) is 0 Å². The van der Waals surface area contributed by atoms with Gasteiger partial charge >= 0.3 is 5.97 Å². The second kappa shape index (κ2) is 5.49. The zero-order valence-electron chi connectivity index (χ0n) is 10.0. The van der Waals surface area contributed by atoms with Gasteiger partial charge in [0.25, 0.3) is 0 Å². The molecule has 1 amide bonds. The van der Waals surface area contributed by atoms with E-state index < -0.39 is 12.0 Å². The molecule has 0 bridgehead atoms. The van der Waals surface area contributed by atoms with Crippen molar-refractivity contribution in [3.05, 3.63) is 0 Å². The average molecular weight is 240 g/mol. The number of amides is 1. The van der Waals surface area contributed by atoms with Gasteiger partial charge in [0.2, 0.25) is 5.91 Å². The molecule has 1 atom stereocenters. The number of carboxylic acids is 1. The van der Waals surface area contributed by atoms with E-state index in [0.717, 1.165) is 32.4 Å². The van der Waals surface area contributed by atoms with Crippen LogP contribution in [0.15, 0.2) is 0 Å². The van der Waals surface area contributed by atoms with Crippen LogP contribution in [0.25, 0.3) is 0 Å². The number of carbonyl (C=O) groups is 2. The highest BCUT2D eigenvalue weighted by atomic mass is 16.4. The molecule has 96 valence electrons. The number of hydrogen-bond acceptors (Lipinski definition) is 3. The molecule has 2 heterocycles. The predicted molar refractivity (Wildman–Crippen MR) is 62.6 cm³/mol. The van der Waals surface area contributed by atoms with E-state index in [1.807, 2.05) is 0 Å². The molecule has 2 aliphatic rings. The molecular formula is C12H20N2O3. The van der Waals surface area contributed by atoms with E-state index in [9.17, 15) is 14.7 Å². The van der Waals surface area contributed by atoms with Crippen LogP contribution in [-0.4, -0.2) is 47.6 Å². The molecule has 0 aromatic heterocycles. The lowest BCUT2D eigenvalue weighted by molar-refractivity contribution is -0.150. The molecule has 0 saturated carbocycles. The van der Waals surface area contributed by atoms with E-state index in [1.54, 1.807) is 4.90 Å². The molecule has 2 aliphatic heterocycles. The van der Waals surface area contributed by atoms with Crippen molar-refractivity contribution >= 4 is 11.9 Å². The lowest BCUT2D eigenvalue weighted by Crippen LogP contribution is -2.49. The fourth-order valence-electron chi connectivity index (χ4n) is 2.52. The normalized spacial score (nSPS) is 26.1. The fourth-order valence-corrected chi connectivity index (χ4v) is 2.52. The number of nitrogens with one attached hydrogen (secondary N) is 1. The van der Waals surface area contributed by atoms with Crippen molar-refractivity contribution in [1.29, 1.82) is 0 Å². The summed E-state index contributed by atoms with van der Waals surface area (Å²) in [5, 5.41) is 12.3. The van der Waals surface area contributed by atoms with Gasteiger partial charge in [-0.05, 0) is 31.8 Å². The minimum Gasteiger partial charge on any atom is -0.480 e. The van der Waals surface area contributed by atoms with Crippen molar-refractivity contribution < 1.29 is 14.7 Å². The van der Waals surface area contributed by atoms with Gasteiger partial charge in [0, 0.05) is 13.0 Å². The van der Waals surface area contributed by atoms with Gasteiger partial charge in [-0.15, -0.1) is 0 Å². The Kier molecular flexibility index (Phi) is 3.99. The molecule has 0 spiro atoms. The van der Waals surface area contributed by atoms with Crippen LogP contribution in [0, 0.1) is 5.92 Å². The third-order valence-corrected chi connectivity index (χ3v) is 3.69. The van der Waals surface area contributed by atoms with Gasteiger partial charge in [-0.25, -0.2) is 4.79 Å². The Hall–Kier alpha value is -1.10. The van der Waals surface area contributed by atoms with Crippen molar-refractivity contribution in [3.63, 3.8) is 0 Å². The summed E-state index contributed by atoms with van der Waals surface area (Å²) in [5.74, 6) is -0.432. The average Bonchev–Trinajstić information content (AvgIpc) is 2.48. The Bertz CT molecular complexity index is 302. The highest BCUT2D eigenvalue weighted by molar-refractivity contribution is 5.84. The Morgan fingerprint density at radius 2 is 2.00 bits per heavy atom. The van der Waals surface area contributed by atoms with Crippen molar-refractivity contribution in [2.75, 3.05) is 19.6 Å². The van der Waals surface area contributed by atoms with Crippen LogP contribution in [0.5, 0.6) is 0 Å². The molecule has 2 rings (SSSR count). The second-order valence-electron chi connectivity index (χ2n) is 5.02. The minimum absolute atomic E-state index is 0.0193. The predicted octanol–water partition coefficient (Wildman–Crippen LogP) is 0.452. The van der Waals surface area contributed by atoms with Crippen molar-refractivity contribution in [3.8, 4) is 0 Å². The molecule has 5 nitrogen and oxygen atoms in total. The molecule has 2 fully saturated rings. The molecule has 0 radical (unpaired) electrons. The molecular weight excluding hydrogens is 220 g/mol. The van der Waals surface area contributed by atoms with E-state index in [0.29, 0.717) is 25.3 Å². The number of carboxylic acid groups (broad SMARTS) is 1. The highest BCUT2D eigenvalue weighted by Crippen LogP contribution is 2.20. The SMILES string of the molecule is O=C(O)C1CCCCCN1C(=O)CC1CNC1. The highest BCUT2D eigenvalue weighted by Gasteiger charge is 2.32. The van der Waals surface area contributed by atoms with Crippen molar-refractivity contribution in [2.24, 2.45) is 5.92 Å². The van der Waals surface area contributed by atoms with Crippen LogP contribution in [0.1, 0.15) is 32.1 Å². The molecule has 0 aliphatic carbocycles. The van der Waals surface area contributed by atoms with Gasteiger partial charge in [-0.3, -0.25) is 4.79 Å². The Morgan fingerprint density at radius 3 is 2.59 bits per heavy atom. The summed E-state index contributed by atoms with van der Waals surface area (Å²) in [5.41, 5.74) is 0. The summed E-state index contributed by atoms with van der Waals surface area (Å²) in [4.78, 5) is 24.9. The Morgan fingerprint density at radius 1 is 1.24 bits per heavy atom. The molecule has 2 saturated heterocycles. The van der Waals surface area contributed by atoms with Gasteiger partial charge in [-0.2, -0.15) is 0 Å². The zero-order valence-corrected chi connectivity index (χ0v) is 10.0. The molecule has 17 heavy (non-hydrogen) atoms. The molecule has 2 N–H and O–H groups in total. The van der Waals surface area contributed by atoms with E-state index in [-0.39, 0.29) is 5.91 Å². The second-order valence-corrected chi connectivity index (χ2v) is 5.02. The van der Waals surface area contributed by atoms with E-state index in [2.05, 4.69) is 5.32 Å². The summed E-state index contributed by atoms with van der Waals surface area (Å²) < 4.78 is 0. The van der Waals surface area contributed by atoms with E-state index in [4.69, 9.17) is 0 Å². The summed E-state index contributed by atoms with van der Waals surface area (Å²) >= 11 is 0. The Labute approximate surface area is 101 Å². The number of likely N-dealkylation sites (tertiary alicyclic amines) is 1. The summed E-state index contributed by atoms with van der Waals surface area (Å²) in [6.07, 6.45) is 3.96. The number of rotatable bonds is 3. The van der Waals surface area contributed by atoms with E-state index >= 15 is 0 Å². The van der Waals surface area contributed by atoms with Crippen LogP contribution in [0.4, 0.5) is 0 Å². The van der Waals surface area contributed by atoms with Gasteiger partial charge in [-0.1, -0.05) is 12.8 Å². The number of hydrogen-bond donors (Lipinski definition) is 2. The number of aliphatic carboxylic acids is 1. The first-order valence-corrected chi connectivity index (χ1v) is 6.41. The van der Waals surface area contributed by atoms with E-state index in [1.165, 1.54) is 0 Å². The Balaban J connectivity index is 1.97. The lowest BCUT2D eigenvalue weighted by atomic mass is 9.98. The third-order valence-electron chi connectivity index (χ3n) is 3.69.